The van der Waals surface area contributed by atoms with Crippen LogP contribution in [-0.4, -0.2) is 56.9 Å². The predicted octanol–water partition coefficient (Wildman–Crippen LogP) is 0.164. The van der Waals surface area contributed by atoms with Crippen LogP contribution in [0.5, 0.6) is 0 Å². The Labute approximate surface area is 133 Å². The van der Waals surface area contributed by atoms with Crippen LogP contribution in [0.4, 0.5) is 0 Å². The summed E-state index contributed by atoms with van der Waals surface area (Å²) in [5.41, 5.74) is 2.35. The number of tetrazole rings is 1. The van der Waals surface area contributed by atoms with E-state index < -0.39 is 5.97 Å². The summed E-state index contributed by atoms with van der Waals surface area (Å²) < 4.78 is 13.3. The van der Waals surface area contributed by atoms with Gasteiger partial charge in [-0.2, -0.15) is 0 Å². The lowest BCUT2D eigenvalue weighted by Crippen LogP contribution is -2.19. The van der Waals surface area contributed by atoms with E-state index in [0.717, 1.165) is 11.4 Å². The third kappa shape index (κ3) is 4.22. The fourth-order valence-electron chi connectivity index (χ4n) is 2.26. The zero-order valence-electron chi connectivity index (χ0n) is 13.4. The number of carbonyl (C=O) groups excluding carboxylic acids is 2. The summed E-state index contributed by atoms with van der Waals surface area (Å²) in [6.45, 7) is 4.57. The molecule has 0 aliphatic carbocycles. The van der Waals surface area contributed by atoms with Crippen molar-refractivity contribution < 1.29 is 19.1 Å². The number of hydrogen-bond acceptors (Lipinski definition) is 7. The quantitative estimate of drug-likeness (QED) is 0.504. The van der Waals surface area contributed by atoms with Crippen molar-refractivity contribution in [2.45, 2.75) is 26.9 Å². The number of carbonyl (C=O) groups is 2. The molecule has 0 aliphatic rings. The second-order valence-electron chi connectivity index (χ2n) is 5.02. The fraction of sp³-hybridized carbons (Fsp3) is 0.500. The lowest BCUT2D eigenvalue weighted by atomic mass is 10.1. The van der Waals surface area contributed by atoms with Crippen LogP contribution in [0.15, 0.2) is 12.4 Å². The predicted molar refractivity (Wildman–Crippen MR) is 78.9 cm³/mol. The number of rotatable bonds is 8. The Balaban J connectivity index is 1.94. The van der Waals surface area contributed by atoms with Gasteiger partial charge in [-0.1, -0.05) is 0 Å². The molecular formula is C14H19N5O4. The highest BCUT2D eigenvalue weighted by Gasteiger charge is 2.17. The van der Waals surface area contributed by atoms with Crippen molar-refractivity contribution in [1.82, 2.24) is 24.8 Å². The van der Waals surface area contributed by atoms with E-state index in [9.17, 15) is 9.59 Å². The fourth-order valence-corrected chi connectivity index (χ4v) is 2.26. The van der Waals surface area contributed by atoms with Crippen molar-refractivity contribution in [2.24, 2.45) is 0 Å². The summed E-state index contributed by atoms with van der Waals surface area (Å²) >= 11 is 0. The van der Waals surface area contributed by atoms with Crippen molar-refractivity contribution in [3.8, 4) is 0 Å². The second kappa shape index (κ2) is 7.63. The molecule has 0 aliphatic heterocycles. The second-order valence-corrected chi connectivity index (χ2v) is 5.02. The van der Waals surface area contributed by atoms with Gasteiger partial charge in [0.2, 0.25) is 5.78 Å². The van der Waals surface area contributed by atoms with Crippen molar-refractivity contribution in [1.29, 1.82) is 0 Å². The first-order valence-corrected chi connectivity index (χ1v) is 7.08. The lowest BCUT2D eigenvalue weighted by molar-refractivity contribution is -0.143. The third-order valence-electron chi connectivity index (χ3n) is 3.44. The zero-order valence-corrected chi connectivity index (χ0v) is 13.4. The van der Waals surface area contributed by atoms with Gasteiger partial charge in [0.15, 0.2) is 6.61 Å². The minimum absolute atomic E-state index is 0.132. The summed E-state index contributed by atoms with van der Waals surface area (Å²) in [7, 11) is 1.63. The molecule has 0 bridgehead atoms. The Kier molecular flexibility index (Phi) is 5.58. The van der Waals surface area contributed by atoms with Crippen molar-refractivity contribution in [3.05, 3.63) is 29.3 Å². The van der Waals surface area contributed by atoms with Gasteiger partial charge in [-0.05, 0) is 30.3 Å². The summed E-state index contributed by atoms with van der Waals surface area (Å²) in [5, 5.41) is 10.4. The standard InChI is InChI=1S/C14H19N5O4/c1-10-6-12(11(2)19(10)4-5-22-3)13(20)8-23-14(21)7-18-9-15-16-17-18/h6,9H,4-5,7-8H2,1-3H3. The van der Waals surface area contributed by atoms with Crippen LogP contribution in [0.1, 0.15) is 21.7 Å². The van der Waals surface area contributed by atoms with E-state index >= 15 is 0 Å². The molecule has 23 heavy (non-hydrogen) atoms. The highest BCUT2D eigenvalue weighted by Crippen LogP contribution is 2.16. The van der Waals surface area contributed by atoms with E-state index in [0.29, 0.717) is 18.7 Å². The molecule has 0 amide bonds. The van der Waals surface area contributed by atoms with Crippen molar-refractivity contribution >= 4 is 11.8 Å². The number of methoxy groups -OCH3 is 1. The Morgan fingerprint density at radius 2 is 2.09 bits per heavy atom. The van der Waals surface area contributed by atoms with Crippen LogP contribution in [0.3, 0.4) is 0 Å². The van der Waals surface area contributed by atoms with E-state index in [1.807, 2.05) is 18.4 Å². The summed E-state index contributed by atoms with van der Waals surface area (Å²) in [6.07, 6.45) is 1.30. The van der Waals surface area contributed by atoms with Crippen LogP contribution in [0, 0.1) is 13.8 Å². The van der Waals surface area contributed by atoms with Gasteiger partial charge in [-0.3, -0.25) is 9.59 Å². The van der Waals surface area contributed by atoms with Crippen LogP contribution in [0.2, 0.25) is 0 Å². The molecule has 0 saturated heterocycles. The molecule has 0 fully saturated rings. The molecule has 2 aromatic heterocycles. The number of aryl methyl sites for hydroxylation is 1. The van der Waals surface area contributed by atoms with Gasteiger partial charge in [-0.15, -0.1) is 5.10 Å². The topological polar surface area (TPSA) is 101 Å². The maximum atomic E-state index is 12.2. The highest BCUT2D eigenvalue weighted by atomic mass is 16.5. The molecule has 2 aromatic rings. The number of ether oxygens (including phenoxy) is 2. The van der Waals surface area contributed by atoms with Gasteiger partial charge in [0.1, 0.15) is 12.9 Å². The van der Waals surface area contributed by atoms with Crippen molar-refractivity contribution in [3.63, 3.8) is 0 Å². The zero-order chi connectivity index (χ0) is 16.8. The Morgan fingerprint density at radius 3 is 2.74 bits per heavy atom. The van der Waals surface area contributed by atoms with Crippen molar-refractivity contribution in [2.75, 3.05) is 20.3 Å². The normalized spacial score (nSPS) is 10.7. The molecule has 0 saturated carbocycles. The molecule has 124 valence electrons. The van der Waals surface area contributed by atoms with Gasteiger partial charge in [-0.25, -0.2) is 4.68 Å². The monoisotopic (exact) mass is 321 g/mol. The number of nitrogens with zero attached hydrogens (tertiary/aromatic N) is 5. The van der Waals surface area contributed by atoms with Crippen LogP contribution in [-0.2, 0) is 27.4 Å². The van der Waals surface area contributed by atoms with E-state index in [4.69, 9.17) is 9.47 Å². The summed E-state index contributed by atoms with van der Waals surface area (Å²) in [6, 6.07) is 1.79. The Hall–Kier alpha value is -2.55. The van der Waals surface area contributed by atoms with E-state index in [1.165, 1.54) is 11.0 Å². The van der Waals surface area contributed by atoms with Crippen LogP contribution >= 0.6 is 0 Å². The minimum atomic E-state index is -0.571. The molecule has 2 heterocycles. The van der Waals surface area contributed by atoms with Crippen LogP contribution in [0.25, 0.3) is 0 Å². The smallest absolute Gasteiger partial charge is 0.328 e. The van der Waals surface area contributed by atoms with Gasteiger partial charge < -0.3 is 14.0 Å². The first kappa shape index (κ1) is 16.8. The van der Waals surface area contributed by atoms with E-state index in [2.05, 4.69) is 15.5 Å². The Morgan fingerprint density at radius 1 is 1.30 bits per heavy atom. The SMILES string of the molecule is COCCn1c(C)cc(C(=O)COC(=O)Cn2cnnn2)c1C. The molecule has 0 atom stereocenters. The maximum Gasteiger partial charge on any atom is 0.328 e. The minimum Gasteiger partial charge on any atom is -0.456 e. The molecule has 0 unspecified atom stereocenters. The van der Waals surface area contributed by atoms with E-state index in [-0.39, 0.29) is 18.9 Å². The van der Waals surface area contributed by atoms with Crippen LogP contribution < -0.4 is 0 Å². The molecule has 9 nitrogen and oxygen atoms in total. The molecule has 2 rings (SSSR count). The molecule has 9 heteroatoms. The molecule has 0 aromatic carbocycles. The first-order chi connectivity index (χ1) is 11.0. The van der Waals surface area contributed by atoms with E-state index in [1.54, 1.807) is 13.2 Å². The number of aromatic nitrogens is 5. The third-order valence-corrected chi connectivity index (χ3v) is 3.44. The maximum absolute atomic E-state index is 12.2. The summed E-state index contributed by atoms with van der Waals surface area (Å²) in [5.74, 6) is -0.814. The lowest BCUT2D eigenvalue weighted by Gasteiger charge is -2.09. The number of Topliss-reactive ketones (excluding diaryl/α,β-unsaturated/α-hetero) is 1. The number of ketones is 1. The number of esters is 1. The molecule has 0 radical (unpaired) electrons. The van der Waals surface area contributed by atoms with Gasteiger partial charge in [0, 0.05) is 30.6 Å². The average Bonchev–Trinajstić information content (AvgIpc) is 3.12. The Bertz CT molecular complexity index is 678. The van der Waals surface area contributed by atoms with Gasteiger partial charge in [0.05, 0.1) is 6.61 Å². The largest absolute Gasteiger partial charge is 0.456 e. The molecule has 0 N–H and O–H groups in total. The molecule has 0 spiro atoms. The molecular weight excluding hydrogens is 302 g/mol. The van der Waals surface area contributed by atoms with Gasteiger partial charge in [0.25, 0.3) is 0 Å². The first-order valence-electron chi connectivity index (χ1n) is 7.08. The highest BCUT2D eigenvalue weighted by molar-refractivity contribution is 5.99. The summed E-state index contributed by atoms with van der Waals surface area (Å²) in [4.78, 5) is 23.9. The number of hydrogen-bond donors (Lipinski definition) is 0. The van der Waals surface area contributed by atoms with Gasteiger partial charge >= 0.3 is 5.97 Å². The average molecular weight is 321 g/mol.